The van der Waals surface area contributed by atoms with Gasteiger partial charge in [-0.1, -0.05) is 0 Å². The third kappa shape index (κ3) is 2.68. The highest BCUT2D eigenvalue weighted by atomic mass is 15.5. The van der Waals surface area contributed by atoms with Gasteiger partial charge in [-0.15, -0.1) is 0 Å². The Labute approximate surface area is 160 Å². The van der Waals surface area contributed by atoms with Gasteiger partial charge in [0.2, 0.25) is 0 Å². The molecule has 3 aliphatic heterocycles. The van der Waals surface area contributed by atoms with Crippen LogP contribution in [0.2, 0.25) is 0 Å². The van der Waals surface area contributed by atoms with Crippen LogP contribution in [0.3, 0.4) is 0 Å². The first-order valence-corrected chi connectivity index (χ1v) is 10.2. The highest BCUT2D eigenvalue weighted by Gasteiger charge is 2.33. The lowest BCUT2D eigenvalue weighted by atomic mass is 10.0. The summed E-state index contributed by atoms with van der Waals surface area (Å²) in [4.78, 5) is 2.58. The third-order valence-electron chi connectivity index (χ3n) is 6.27. The van der Waals surface area contributed by atoms with Gasteiger partial charge in [0.15, 0.2) is 0 Å². The Morgan fingerprint density at radius 2 is 1.96 bits per heavy atom. The fourth-order valence-corrected chi connectivity index (χ4v) is 4.67. The first kappa shape index (κ1) is 16.9. The van der Waals surface area contributed by atoms with Gasteiger partial charge in [0.25, 0.3) is 0 Å². The van der Waals surface area contributed by atoms with Crippen molar-refractivity contribution in [2.75, 3.05) is 19.6 Å². The van der Waals surface area contributed by atoms with Crippen LogP contribution in [0.5, 0.6) is 0 Å². The zero-order chi connectivity index (χ0) is 18.5. The van der Waals surface area contributed by atoms with E-state index in [9.17, 15) is 0 Å². The fourth-order valence-electron chi connectivity index (χ4n) is 4.67. The minimum atomic E-state index is 0.583. The van der Waals surface area contributed by atoms with Crippen LogP contribution in [-0.4, -0.2) is 51.4 Å². The van der Waals surface area contributed by atoms with Crippen LogP contribution in [-0.2, 0) is 6.54 Å². The topological polar surface area (TPSA) is 60.4 Å². The van der Waals surface area contributed by atoms with Crippen molar-refractivity contribution in [3.05, 3.63) is 34.1 Å². The number of hydrazine groups is 2. The smallest absolute Gasteiger partial charge is 0.102 e. The average Bonchev–Trinajstić information content (AvgIpc) is 3.24. The largest absolute Gasteiger partial charge is 0.318 e. The Balaban J connectivity index is 1.44. The number of aromatic nitrogens is 2. The van der Waals surface area contributed by atoms with E-state index >= 15 is 0 Å². The van der Waals surface area contributed by atoms with Crippen LogP contribution >= 0.6 is 0 Å². The number of hydrogen-bond acceptors (Lipinski definition) is 6. The summed E-state index contributed by atoms with van der Waals surface area (Å²) < 4.78 is 2.09. The number of allylic oxidation sites excluding steroid dienone is 1. The standard InChI is InChI=1S/C20H29N7/c1-4-26-18-11-21-22-17-6-5-16-15(20(24-26)19(17)18)12-27(23-16)14-7-9-25(10-8-14)13(2)3/h5-6,11,13-14,21-23H,4,7-10,12H2,1-3H3. The summed E-state index contributed by atoms with van der Waals surface area (Å²) in [6, 6.07) is 1.23. The van der Waals surface area contributed by atoms with E-state index in [0.29, 0.717) is 12.1 Å². The maximum Gasteiger partial charge on any atom is 0.102 e. The first-order valence-electron chi connectivity index (χ1n) is 10.2. The molecule has 0 radical (unpaired) electrons. The van der Waals surface area contributed by atoms with E-state index in [-0.39, 0.29) is 0 Å². The van der Waals surface area contributed by atoms with E-state index in [1.54, 1.807) is 0 Å². The molecular formula is C20H29N7. The second-order valence-electron chi connectivity index (χ2n) is 8.08. The van der Waals surface area contributed by atoms with Crippen molar-refractivity contribution in [3.8, 4) is 0 Å². The summed E-state index contributed by atoms with van der Waals surface area (Å²) >= 11 is 0. The van der Waals surface area contributed by atoms with E-state index in [0.717, 1.165) is 29.8 Å². The lowest BCUT2D eigenvalue weighted by molar-refractivity contribution is 0.0841. The van der Waals surface area contributed by atoms with E-state index in [4.69, 9.17) is 5.10 Å². The Kier molecular flexibility index (Phi) is 4.02. The number of likely N-dealkylation sites (tertiary alicyclic amines) is 1. The predicted molar refractivity (Wildman–Crippen MR) is 107 cm³/mol. The van der Waals surface area contributed by atoms with Gasteiger partial charge < -0.3 is 21.2 Å². The summed E-state index contributed by atoms with van der Waals surface area (Å²) in [6.45, 7) is 10.9. The molecular weight excluding hydrogens is 338 g/mol. The monoisotopic (exact) mass is 367 g/mol. The van der Waals surface area contributed by atoms with Gasteiger partial charge in [-0.05, 0) is 58.9 Å². The second kappa shape index (κ2) is 6.42. The van der Waals surface area contributed by atoms with Crippen molar-refractivity contribution < 1.29 is 0 Å². The number of fused-ring (bicyclic) bond motifs is 1. The van der Waals surface area contributed by atoms with Gasteiger partial charge in [0.05, 0.1) is 22.0 Å². The van der Waals surface area contributed by atoms with Crippen LogP contribution in [0, 0.1) is 0 Å². The maximum absolute atomic E-state index is 4.96. The summed E-state index contributed by atoms with van der Waals surface area (Å²) in [6.07, 6.45) is 8.79. The fraction of sp³-hybridized carbons (Fsp3) is 0.550. The van der Waals surface area contributed by atoms with Gasteiger partial charge in [-0.2, -0.15) is 5.10 Å². The Morgan fingerprint density at radius 1 is 1.19 bits per heavy atom. The highest BCUT2D eigenvalue weighted by molar-refractivity contribution is 5.77. The van der Waals surface area contributed by atoms with Crippen LogP contribution in [0.25, 0.3) is 17.5 Å². The summed E-state index contributed by atoms with van der Waals surface area (Å²) in [5.74, 6) is 0. The lowest BCUT2D eigenvalue weighted by Gasteiger charge is -2.38. The Hall–Kier alpha value is -2.25. The van der Waals surface area contributed by atoms with E-state index in [1.807, 2.05) is 6.20 Å². The molecule has 7 heteroatoms. The predicted octanol–water partition coefficient (Wildman–Crippen LogP) is -0.169. The zero-order valence-corrected chi connectivity index (χ0v) is 16.4. The normalized spacial score (nSPS) is 22.7. The molecule has 1 saturated heterocycles. The van der Waals surface area contributed by atoms with E-state index in [2.05, 4.69) is 63.8 Å². The molecule has 1 fully saturated rings. The minimum Gasteiger partial charge on any atom is -0.318 e. The third-order valence-corrected chi connectivity index (χ3v) is 6.27. The van der Waals surface area contributed by atoms with Crippen molar-refractivity contribution in [2.45, 2.75) is 52.2 Å². The number of nitrogens with zero attached hydrogens (tertiary/aromatic N) is 4. The molecule has 1 aromatic rings. The lowest BCUT2D eigenvalue weighted by Crippen LogP contribution is -2.49. The molecule has 27 heavy (non-hydrogen) atoms. The number of nitrogens with one attached hydrogen (secondary N) is 3. The van der Waals surface area contributed by atoms with Gasteiger partial charge in [0, 0.05) is 36.9 Å². The highest BCUT2D eigenvalue weighted by Crippen LogP contribution is 2.28. The van der Waals surface area contributed by atoms with E-state index < -0.39 is 0 Å². The molecule has 4 aliphatic rings. The van der Waals surface area contributed by atoms with Crippen molar-refractivity contribution in [2.24, 2.45) is 0 Å². The van der Waals surface area contributed by atoms with Crippen LogP contribution in [0.1, 0.15) is 39.3 Å². The van der Waals surface area contributed by atoms with Gasteiger partial charge in [-0.25, -0.2) is 5.01 Å². The Bertz CT molecular complexity index is 928. The molecule has 1 aliphatic carbocycles. The van der Waals surface area contributed by atoms with E-state index in [1.165, 1.54) is 42.4 Å². The maximum atomic E-state index is 4.96. The first-order chi connectivity index (χ1) is 13.2. The molecule has 0 saturated carbocycles. The second-order valence-corrected chi connectivity index (χ2v) is 8.08. The van der Waals surface area contributed by atoms with Crippen LogP contribution in [0.4, 0.5) is 0 Å². The van der Waals surface area contributed by atoms with Crippen molar-refractivity contribution >= 4 is 17.5 Å². The van der Waals surface area contributed by atoms with Crippen molar-refractivity contribution in [3.63, 3.8) is 0 Å². The number of hydrogen-bond donors (Lipinski definition) is 3. The number of aryl methyl sites for hydroxylation is 1. The molecule has 7 nitrogen and oxygen atoms in total. The average molecular weight is 368 g/mol. The molecule has 4 heterocycles. The summed E-state index contributed by atoms with van der Waals surface area (Å²) in [7, 11) is 0. The zero-order valence-electron chi connectivity index (χ0n) is 16.4. The number of rotatable bonds is 3. The SMILES string of the molecule is CCn1nc2c3c1=CNNC=3C=CC1=C2CN(C2CCN(C(C)C)CC2)N1. The summed E-state index contributed by atoms with van der Waals surface area (Å²) in [5.41, 5.74) is 14.8. The molecule has 1 aromatic heterocycles. The quantitative estimate of drug-likeness (QED) is 0.690. The molecule has 3 N–H and O–H groups in total. The molecule has 0 amide bonds. The molecule has 5 rings (SSSR count). The van der Waals surface area contributed by atoms with Crippen molar-refractivity contribution in [1.82, 2.24) is 36.0 Å². The van der Waals surface area contributed by atoms with Gasteiger partial charge in [0.1, 0.15) is 5.69 Å². The van der Waals surface area contributed by atoms with Crippen molar-refractivity contribution in [1.29, 1.82) is 0 Å². The molecule has 0 spiro atoms. The van der Waals surface area contributed by atoms with Crippen LogP contribution in [0.15, 0.2) is 17.8 Å². The molecule has 0 atom stereocenters. The molecule has 0 bridgehead atoms. The summed E-state index contributed by atoms with van der Waals surface area (Å²) in [5, 5.41) is 9.77. The minimum absolute atomic E-state index is 0.583. The Morgan fingerprint density at radius 3 is 2.70 bits per heavy atom. The van der Waals surface area contributed by atoms with Crippen LogP contribution < -0.4 is 26.8 Å². The number of piperidine rings is 1. The van der Waals surface area contributed by atoms with Gasteiger partial charge in [-0.3, -0.25) is 4.68 Å². The van der Waals surface area contributed by atoms with Gasteiger partial charge >= 0.3 is 0 Å². The molecule has 0 unspecified atom stereocenters. The molecule has 144 valence electrons. The molecule has 0 aromatic carbocycles.